The Morgan fingerprint density at radius 3 is 2.73 bits per heavy atom. The monoisotopic (exact) mass is 217 g/mol. The maximum Gasteiger partial charge on any atom is 0.332 e. The molecule has 0 saturated heterocycles. The number of aliphatic carboxylic acids is 1. The summed E-state index contributed by atoms with van der Waals surface area (Å²) in [6, 6.07) is -0.822. The topological polar surface area (TPSA) is 84.9 Å². The van der Waals surface area contributed by atoms with Crippen molar-refractivity contribution in [2.45, 2.75) is 6.04 Å². The maximum atomic E-state index is 10.9. The van der Waals surface area contributed by atoms with Crippen LogP contribution in [0.3, 0.4) is 0 Å². The minimum atomic E-state index is -1.03. The largest absolute Gasteiger partial charge is 0.480 e. The van der Waals surface area contributed by atoms with Gasteiger partial charge in [-0.2, -0.15) is 0 Å². The molecule has 0 radical (unpaired) electrons. The zero-order chi connectivity index (χ0) is 11.7. The first kappa shape index (κ1) is 13.6. The molecule has 15 heavy (non-hydrogen) atoms. The molecule has 0 saturated carbocycles. The molecular weight excluding hydrogens is 202 g/mol. The predicted octanol–water partition coefficient (Wildman–Crippen LogP) is -0.595. The number of carboxylic acids is 1. The highest BCUT2D eigenvalue weighted by Crippen LogP contribution is 1.87. The van der Waals surface area contributed by atoms with Gasteiger partial charge in [-0.15, -0.1) is 0 Å². The fourth-order valence-corrected chi connectivity index (χ4v) is 0.732. The average Bonchev–Trinajstić information content (AvgIpc) is 2.20. The molecule has 0 aliphatic carbocycles. The van der Waals surface area contributed by atoms with Gasteiger partial charge < -0.3 is 19.9 Å². The molecule has 0 aliphatic heterocycles. The van der Waals surface area contributed by atoms with E-state index in [1.165, 1.54) is 13.1 Å². The molecule has 6 nitrogen and oxygen atoms in total. The van der Waals surface area contributed by atoms with Crippen LogP contribution in [-0.4, -0.2) is 50.0 Å². The number of carbonyl (C=O) groups is 2. The van der Waals surface area contributed by atoms with Crippen LogP contribution in [0.5, 0.6) is 0 Å². The summed E-state index contributed by atoms with van der Waals surface area (Å²) in [6.45, 7) is 3.14. The number of rotatable bonds is 8. The first-order chi connectivity index (χ1) is 7.11. The van der Waals surface area contributed by atoms with E-state index in [1.807, 2.05) is 0 Å². The quantitative estimate of drug-likeness (QED) is 0.417. The minimum absolute atomic E-state index is 0.0883. The third kappa shape index (κ3) is 6.64. The molecule has 1 atom stereocenters. The summed E-state index contributed by atoms with van der Waals surface area (Å²) < 4.78 is 9.47. The van der Waals surface area contributed by atoms with Gasteiger partial charge in [0.15, 0.2) is 0 Å². The van der Waals surface area contributed by atoms with Crippen molar-refractivity contribution in [1.82, 2.24) is 5.32 Å². The van der Waals surface area contributed by atoms with Gasteiger partial charge >= 0.3 is 11.9 Å². The van der Waals surface area contributed by atoms with Crippen LogP contribution in [0.2, 0.25) is 0 Å². The number of ether oxygens (including phenoxy) is 2. The van der Waals surface area contributed by atoms with Crippen molar-refractivity contribution in [2.24, 2.45) is 0 Å². The van der Waals surface area contributed by atoms with Gasteiger partial charge in [0, 0.05) is 0 Å². The standard InChI is InChI=1S/C9H15NO5/c1-3-4-15-8(11)6-14-5-7(10-2)9(12)13/h3,7,10H,1,4-6H2,2H3,(H,12,13). The van der Waals surface area contributed by atoms with E-state index >= 15 is 0 Å². The zero-order valence-electron chi connectivity index (χ0n) is 8.56. The fourth-order valence-electron chi connectivity index (χ4n) is 0.732. The molecule has 0 spiro atoms. The fraction of sp³-hybridized carbons (Fsp3) is 0.556. The summed E-state index contributed by atoms with van der Waals surface area (Å²) >= 11 is 0. The van der Waals surface area contributed by atoms with E-state index < -0.39 is 18.0 Å². The van der Waals surface area contributed by atoms with Crippen LogP contribution < -0.4 is 5.32 Å². The van der Waals surface area contributed by atoms with Gasteiger partial charge in [-0.25, -0.2) is 4.79 Å². The van der Waals surface area contributed by atoms with Crippen molar-refractivity contribution >= 4 is 11.9 Å². The second-order valence-electron chi connectivity index (χ2n) is 2.67. The lowest BCUT2D eigenvalue weighted by molar-refractivity contribution is -0.150. The van der Waals surface area contributed by atoms with Gasteiger partial charge in [-0.05, 0) is 7.05 Å². The molecule has 0 amide bonds. The van der Waals surface area contributed by atoms with Crippen molar-refractivity contribution in [3.63, 3.8) is 0 Å². The van der Waals surface area contributed by atoms with E-state index in [1.54, 1.807) is 0 Å². The van der Waals surface area contributed by atoms with Gasteiger partial charge in [-0.3, -0.25) is 4.79 Å². The van der Waals surface area contributed by atoms with Gasteiger partial charge in [-0.1, -0.05) is 12.7 Å². The van der Waals surface area contributed by atoms with Gasteiger partial charge in [0.1, 0.15) is 19.3 Å². The maximum absolute atomic E-state index is 10.9. The normalized spacial score (nSPS) is 11.8. The second-order valence-corrected chi connectivity index (χ2v) is 2.67. The summed E-state index contributed by atoms with van der Waals surface area (Å²) in [5.41, 5.74) is 0. The number of likely N-dealkylation sites (N-methyl/N-ethyl adjacent to an activating group) is 1. The number of nitrogens with one attached hydrogen (secondary N) is 1. The van der Waals surface area contributed by atoms with E-state index in [0.717, 1.165) is 0 Å². The molecular formula is C9H15NO5. The molecule has 0 bridgehead atoms. The van der Waals surface area contributed by atoms with E-state index in [2.05, 4.69) is 16.6 Å². The molecule has 2 N–H and O–H groups in total. The Hall–Kier alpha value is -1.40. The Morgan fingerprint density at radius 1 is 1.60 bits per heavy atom. The van der Waals surface area contributed by atoms with Crippen molar-refractivity contribution < 1.29 is 24.2 Å². The highest BCUT2D eigenvalue weighted by Gasteiger charge is 2.15. The highest BCUT2D eigenvalue weighted by molar-refractivity contribution is 5.74. The molecule has 0 aromatic carbocycles. The molecule has 0 aromatic heterocycles. The molecule has 6 heteroatoms. The molecule has 0 aromatic rings. The van der Waals surface area contributed by atoms with E-state index in [0.29, 0.717) is 0 Å². The highest BCUT2D eigenvalue weighted by atomic mass is 16.6. The molecule has 0 heterocycles. The van der Waals surface area contributed by atoms with Crippen LogP contribution in [0.1, 0.15) is 0 Å². The number of carbonyl (C=O) groups excluding carboxylic acids is 1. The Balaban J connectivity index is 3.63. The van der Waals surface area contributed by atoms with Crippen molar-refractivity contribution in [3.05, 3.63) is 12.7 Å². The van der Waals surface area contributed by atoms with Crippen LogP contribution in [0.15, 0.2) is 12.7 Å². The van der Waals surface area contributed by atoms with Gasteiger partial charge in [0.2, 0.25) is 0 Å². The second kappa shape index (κ2) is 7.95. The predicted molar refractivity (Wildman–Crippen MR) is 52.5 cm³/mol. The first-order valence-electron chi connectivity index (χ1n) is 4.36. The third-order valence-corrected chi connectivity index (χ3v) is 1.51. The summed E-state index contributed by atoms with van der Waals surface area (Å²) in [5.74, 6) is -1.58. The lowest BCUT2D eigenvalue weighted by Crippen LogP contribution is -2.38. The van der Waals surface area contributed by atoms with E-state index in [4.69, 9.17) is 9.84 Å². The number of hydrogen-bond donors (Lipinski definition) is 2. The summed E-state index contributed by atoms with van der Waals surface area (Å²) in [6.07, 6.45) is 1.44. The number of esters is 1. The smallest absolute Gasteiger partial charge is 0.332 e. The molecule has 0 aliphatic rings. The first-order valence-corrected chi connectivity index (χ1v) is 4.36. The van der Waals surface area contributed by atoms with E-state index in [9.17, 15) is 9.59 Å². The summed E-state index contributed by atoms with van der Waals surface area (Å²) in [7, 11) is 1.50. The van der Waals surface area contributed by atoms with E-state index in [-0.39, 0.29) is 19.8 Å². The van der Waals surface area contributed by atoms with Gasteiger partial charge in [0.05, 0.1) is 6.61 Å². The van der Waals surface area contributed by atoms with Crippen LogP contribution >= 0.6 is 0 Å². The SMILES string of the molecule is C=CCOC(=O)COCC(NC)C(=O)O. The van der Waals surface area contributed by atoms with Crippen LogP contribution in [0.25, 0.3) is 0 Å². The van der Waals surface area contributed by atoms with Crippen LogP contribution in [0, 0.1) is 0 Å². The molecule has 0 fully saturated rings. The Bertz CT molecular complexity index is 229. The molecule has 0 rings (SSSR count). The average molecular weight is 217 g/mol. The van der Waals surface area contributed by atoms with Crippen LogP contribution in [-0.2, 0) is 19.1 Å². The lowest BCUT2D eigenvalue weighted by Gasteiger charge is -2.10. The third-order valence-electron chi connectivity index (χ3n) is 1.51. The molecule has 86 valence electrons. The van der Waals surface area contributed by atoms with Crippen molar-refractivity contribution in [2.75, 3.05) is 26.9 Å². The number of hydrogen-bond acceptors (Lipinski definition) is 5. The Morgan fingerprint density at radius 2 is 2.27 bits per heavy atom. The summed E-state index contributed by atoms with van der Waals surface area (Å²) in [5, 5.41) is 11.1. The van der Waals surface area contributed by atoms with Crippen LogP contribution in [0.4, 0.5) is 0 Å². The lowest BCUT2D eigenvalue weighted by atomic mass is 10.3. The van der Waals surface area contributed by atoms with Gasteiger partial charge in [0.25, 0.3) is 0 Å². The van der Waals surface area contributed by atoms with Crippen molar-refractivity contribution in [1.29, 1.82) is 0 Å². The molecule has 1 unspecified atom stereocenters. The van der Waals surface area contributed by atoms with Crippen molar-refractivity contribution in [3.8, 4) is 0 Å². The summed E-state index contributed by atoms with van der Waals surface area (Å²) in [4.78, 5) is 21.4. The number of carboxylic acid groups (broad SMARTS) is 1. The minimum Gasteiger partial charge on any atom is -0.480 e. The Kier molecular flexibility index (Phi) is 7.21. The zero-order valence-corrected chi connectivity index (χ0v) is 8.56. The Labute approximate surface area is 87.9 Å².